The molecule has 2 rings (SSSR count). The first kappa shape index (κ1) is 12.8. The van der Waals surface area contributed by atoms with E-state index in [4.69, 9.17) is 10.00 Å². The van der Waals surface area contributed by atoms with E-state index in [0.29, 0.717) is 16.9 Å². The highest BCUT2D eigenvalue weighted by molar-refractivity contribution is 5.96. The zero-order valence-corrected chi connectivity index (χ0v) is 10.7. The van der Waals surface area contributed by atoms with E-state index in [2.05, 4.69) is 4.98 Å². The molecule has 0 bridgehead atoms. The van der Waals surface area contributed by atoms with Gasteiger partial charge in [0.05, 0.1) is 11.7 Å². The number of carbonyl (C=O) groups excluding carboxylic acids is 1. The molecule has 96 valence electrons. The van der Waals surface area contributed by atoms with Gasteiger partial charge in [-0.1, -0.05) is 0 Å². The van der Waals surface area contributed by atoms with Crippen molar-refractivity contribution in [3.05, 3.63) is 48.0 Å². The van der Waals surface area contributed by atoms with Crippen LogP contribution in [0, 0.1) is 11.3 Å². The first-order valence-corrected chi connectivity index (χ1v) is 5.85. The van der Waals surface area contributed by atoms with Crippen molar-refractivity contribution in [3.8, 4) is 11.8 Å². The number of nitriles is 1. The van der Waals surface area contributed by atoms with Crippen LogP contribution in [0.3, 0.4) is 0 Å². The maximum Gasteiger partial charge on any atom is 0.263 e. The van der Waals surface area contributed by atoms with Crippen molar-refractivity contribution in [2.45, 2.75) is 20.0 Å². The fraction of sp³-hybridized carbons (Fsp3) is 0.214. The van der Waals surface area contributed by atoms with Crippen molar-refractivity contribution in [3.63, 3.8) is 0 Å². The molecule has 0 fully saturated rings. The normalized spacial score (nSPS) is 10.2. The maximum absolute atomic E-state index is 12.1. The minimum absolute atomic E-state index is 0.0256. The number of benzene rings is 1. The van der Waals surface area contributed by atoms with Gasteiger partial charge in [-0.25, -0.2) is 4.98 Å². The summed E-state index contributed by atoms with van der Waals surface area (Å²) in [4.78, 5) is 15.9. The predicted molar refractivity (Wildman–Crippen MR) is 68.9 cm³/mol. The van der Waals surface area contributed by atoms with E-state index in [1.54, 1.807) is 18.3 Å². The van der Waals surface area contributed by atoms with E-state index in [1.807, 2.05) is 19.9 Å². The van der Waals surface area contributed by atoms with Crippen LogP contribution in [-0.2, 0) is 0 Å². The number of rotatable bonds is 3. The lowest BCUT2D eigenvalue weighted by Gasteiger charge is -2.11. The van der Waals surface area contributed by atoms with Gasteiger partial charge in [0.25, 0.3) is 5.91 Å². The fourth-order valence-corrected chi connectivity index (χ4v) is 1.64. The number of hydrogen-bond donors (Lipinski definition) is 0. The highest BCUT2D eigenvalue weighted by Crippen LogP contribution is 2.21. The Hall–Kier alpha value is -2.61. The third-order valence-electron chi connectivity index (χ3n) is 2.45. The molecular weight excluding hydrogens is 242 g/mol. The summed E-state index contributed by atoms with van der Waals surface area (Å²) in [7, 11) is 0. The molecule has 0 radical (unpaired) electrons. The summed E-state index contributed by atoms with van der Waals surface area (Å²) in [5.41, 5.74) is 0.769. The van der Waals surface area contributed by atoms with E-state index in [-0.39, 0.29) is 12.0 Å². The van der Waals surface area contributed by atoms with Crippen LogP contribution in [0.25, 0.3) is 0 Å². The Labute approximate surface area is 111 Å². The molecule has 0 unspecified atom stereocenters. The molecule has 5 heteroatoms. The van der Waals surface area contributed by atoms with Crippen LogP contribution in [0.4, 0.5) is 0 Å². The molecule has 2 aromatic rings. The lowest BCUT2D eigenvalue weighted by atomic mass is 10.1. The smallest absolute Gasteiger partial charge is 0.263 e. The van der Waals surface area contributed by atoms with Crippen molar-refractivity contribution in [1.29, 1.82) is 5.26 Å². The molecule has 0 aliphatic rings. The minimum Gasteiger partial charge on any atom is -0.490 e. The Morgan fingerprint density at radius 2 is 2.26 bits per heavy atom. The largest absolute Gasteiger partial charge is 0.490 e. The summed E-state index contributed by atoms with van der Waals surface area (Å²) in [5, 5.41) is 9.11. The summed E-state index contributed by atoms with van der Waals surface area (Å²) in [6.45, 7) is 3.76. The molecule has 1 aromatic carbocycles. The third-order valence-corrected chi connectivity index (χ3v) is 2.45. The third kappa shape index (κ3) is 2.80. The number of hydrogen-bond acceptors (Lipinski definition) is 4. The molecule has 0 N–H and O–H groups in total. The van der Waals surface area contributed by atoms with Crippen LogP contribution in [0.5, 0.6) is 5.75 Å². The summed E-state index contributed by atoms with van der Waals surface area (Å²) in [6, 6.07) is 6.85. The number of nitrogens with zero attached hydrogens (tertiary/aromatic N) is 3. The molecule has 1 heterocycles. The van der Waals surface area contributed by atoms with Gasteiger partial charge in [-0.3, -0.25) is 9.36 Å². The average molecular weight is 255 g/mol. The van der Waals surface area contributed by atoms with Gasteiger partial charge in [0.2, 0.25) is 0 Å². The number of aromatic nitrogens is 2. The quantitative estimate of drug-likeness (QED) is 0.843. The fourth-order valence-electron chi connectivity index (χ4n) is 1.64. The van der Waals surface area contributed by atoms with Crippen LogP contribution < -0.4 is 4.74 Å². The summed E-state index contributed by atoms with van der Waals surface area (Å²) in [5.74, 6) is 0.254. The lowest BCUT2D eigenvalue weighted by molar-refractivity contribution is 0.0959. The number of ether oxygens (including phenoxy) is 1. The van der Waals surface area contributed by atoms with Crippen LogP contribution in [0.15, 0.2) is 36.9 Å². The van der Waals surface area contributed by atoms with E-state index in [1.165, 1.54) is 23.2 Å². The highest BCUT2D eigenvalue weighted by atomic mass is 16.5. The molecule has 0 aliphatic carbocycles. The monoisotopic (exact) mass is 255 g/mol. The van der Waals surface area contributed by atoms with Gasteiger partial charge in [0, 0.05) is 18.0 Å². The summed E-state index contributed by atoms with van der Waals surface area (Å²) >= 11 is 0. The van der Waals surface area contributed by atoms with Gasteiger partial charge in [-0.05, 0) is 32.0 Å². The lowest BCUT2D eigenvalue weighted by Crippen LogP contribution is -2.11. The van der Waals surface area contributed by atoms with Crippen LogP contribution in [0.2, 0.25) is 0 Å². The zero-order chi connectivity index (χ0) is 13.8. The van der Waals surface area contributed by atoms with Gasteiger partial charge in [-0.2, -0.15) is 5.26 Å². The van der Waals surface area contributed by atoms with Crippen molar-refractivity contribution in [1.82, 2.24) is 9.55 Å². The molecule has 0 atom stereocenters. The first-order chi connectivity index (χ1) is 9.11. The Kier molecular flexibility index (Phi) is 3.62. The SMILES string of the molecule is CC(C)Oc1ccc(C(=O)n2ccnc2)cc1C#N. The van der Waals surface area contributed by atoms with Crippen LogP contribution in [-0.4, -0.2) is 21.6 Å². The molecule has 0 aliphatic heterocycles. The molecule has 5 nitrogen and oxygen atoms in total. The Balaban J connectivity index is 2.35. The highest BCUT2D eigenvalue weighted by Gasteiger charge is 2.12. The van der Waals surface area contributed by atoms with Crippen molar-refractivity contribution in [2.75, 3.05) is 0 Å². The molecule has 1 aromatic heterocycles. The van der Waals surface area contributed by atoms with E-state index < -0.39 is 0 Å². The maximum atomic E-state index is 12.1. The van der Waals surface area contributed by atoms with Crippen molar-refractivity contribution < 1.29 is 9.53 Å². The van der Waals surface area contributed by atoms with Crippen molar-refractivity contribution in [2.24, 2.45) is 0 Å². The first-order valence-electron chi connectivity index (χ1n) is 5.85. The number of imidazole rings is 1. The number of carbonyl (C=O) groups is 1. The van der Waals surface area contributed by atoms with Gasteiger partial charge in [0.15, 0.2) is 0 Å². The Bertz CT molecular complexity index is 625. The molecule has 0 spiro atoms. The zero-order valence-electron chi connectivity index (χ0n) is 10.7. The second-order valence-corrected chi connectivity index (χ2v) is 4.26. The molecule has 0 amide bonds. The van der Waals surface area contributed by atoms with Gasteiger partial charge in [0.1, 0.15) is 18.1 Å². The summed E-state index contributed by atoms with van der Waals surface area (Å²) in [6.07, 6.45) is 4.49. The standard InChI is InChI=1S/C14H13N3O2/c1-10(2)19-13-4-3-11(7-12(13)8-15)14(18)17-6-5-16-9-17/h3-7,9-10H,1-2H3. The second-order valence-electron chi connectivity index (χ2n) is 4.26. The molecule has 0 saturated heterocycles. The molecule has 0 saturated carbocycles. The second kappa shape index (κ2) is 5.36. The van der Waals surface area contributed by atoms with Crippen molar-refractivity contribution >= 4 is 5.91 Å². The van der Waals surface area contributed by atoms with E-state index >= 15 is 0 Å². The summed E-state index contributed by atoms with van der Waals surface area (Å²) < 4.78 is 6.87. The van der Waals surface area contributed by atoms with E-state index in [0.717, 1.165) is 0 Å². The molecular formula is C14H13N3O2. The van der Waals surface area contributed by atoms with Gasteiger partial charge < -0.3 is 4.74 Å². The minimum atomic E-state index is -0.231. The Morgan fingerprint density at radius 3 is 2.84 bits per heavy atom. The van der Waals surface area contributed by atoms with Gasteiger partial charge in [-0.15, -0.1) is 0 Å². The molecule has 19 heavy (non-hydrogen) atoms. The average Bonchev–Trinajstić information content (AvgIpc) is 2.91. The topological polar surface area (TPSA) is 67.9 Å². The van der Waals surface area contributed by atoms with Gasteiger partial charge >= 0.3 is 0 Å². The van der Waals surface area contributed by atoms with E-state index in [9.17, 15) is 4.79 Å². The van der Waals surface area contributed by atoms with Crippen LogP contribution >= 0.6 is 0 Å². The Morgan fingerprint density at radius 1 is 1.47 bits per heavy atom. The predicted octanol–water partition coefficient (Wildman–Crippen LogP) is 2.23. The van der Waals surface area contributed by atoms with Crippen LogP contribution in [0.1, 0.15) is 29.8 Å².